The van der Waals surface area contributed by atoms with Crippen LogP contribution in [0.25, 0.3) is 0 Å². The van der Waals surface area contributed by atoms with Gasteiger partial charge in [0.25, 0.3) is 0 Å². The molecule has 1 aromatic rings. The first kappa shape index (κ1) is 14.1. The summed E-state index contributed by atoms with van der Waals surface area (Å²) in [5.41, 5.74) is 4.09. The molecule has 1 aromatic carbocycles. The molecule has 2 aliphatic rings. The lowest BCUT2D eigenvalue weighted by atomic mass is 9.97. The Morgan fingerprint density at radius 2 is 2.00 bits per heavy atom. The second-order valence-corrected chi connectivity index (χ2v) is 5.48. The van der Waals surface area contributed by atoms with E-state index in [1.807, 2.05) is 18.7 Å². The molecule has 1 aliphatic carbocycles. The number of rotatable bonds is 2. The van der Waals surface area contributed by atoms with Crippen LogP contribution in [0.5, 0.6) is 0 Å². The van der Waals surface area contributed by atoms with Gasteiger partial charge >= 0.3 is 0 Å². The molecule has 0 radical (unpaired) electrons. The molecule has 0 saturated heterocycles. The highest BCUT2D eigenvalue weighted by molar-refractivity contribution is 5.77. The number of hydrogen-bond acceptors (Lipinski definition) is 1. The van der Waals surface area contributed by atoms with Gasteiger partial charge in [-0.15, -0.1) is 0 Å². The van der Waals surface area contributed by atoms with Gasteiger partial charge in [-0.2, -0.15) is 0 Å². The first-order valence-electron chi connectivity index (χ1n) is 7.58. The van der Waals surface area contributed by atoms with Gasteiger partial charge in [0.2, 0.25) is 5.91 Å². The lowest BCUT2D eigenvalue weighted by Crippen LogP contribution is -2.36. The van der Waals surface area contributed by atoms with Gasteiger partial charge < -0.3 is 4.90 Å². The Hall–Kier alpha value is -1.31. The normalized spacial score (nSPS) is 17.3. The SMILES string of the molecule is CC.Cc1ccc2c(c1)CCN(C(=O)CC1CC1)C2. The maximum atomic E-state index is 12.1. The number of carbonyl (C=O) groups excluding carboxylic acids is 1. The van der Waals surface area contributed by atoms with Crippen LogP contribution in [0, 0.1) is 12.8 Å². The Labute approximate surface area is 116 Å². The van der Waals surface area contributed by atoms with Crippen molar-refractivity contribution in [2.75, 3.05) is 6.54 Å². The van der Waals surface area contributed by atoms with Crippen LogP contribution in [-0.2, 0) is 17.8 Å². The van der Waals surface area contributed by atoms with E-state index in [9.17, 15) is 4.79 Å². The quantitative estimate of drug-likeness (QED) is 0.793. The van der Waals surface area contributed by atoms with Crippen LogP contribution in [0.3, 0.4) is 0 Å². The van der Waals surface area contributed by atoms with Gasteiger partial charge in [-0.1, -0.05) is 37.6 Å². The first-order valence-corrected chi connectivity index (χ1v) is 7.58. The fourth-order valence-electron chi connectivity index (χ4n) is 2.59. The Balaban J connectivity index is 0.000000637. The van der Waals surface area contributed by atoms with Crippen molar-refractivity contribution < 1.29 is 4.79 Å². The van der Waals surface area contributed by atoms with Crippen LogP contribution in [0.1, 0.15) is 49.8 Å². The molecular formula is C17H25NO. The molecule has 1 amide bonds. The molecule has 1 aliphatic heterocycles. The van der Waals surface area contributed by atoms with E-state index in [0.717, 1.165) is 25.9 Å². The minimum atomic E-state index is 0.360. The van der Waals surface area contributed by atoms with E-state index in [4.69, 9.17) is 0 Å². The fourth-order valence-corrected chi connectivity index (χ4v) is 2.59. The molecular weight excluding hydrogens is 234 g/mol. The largest absolute Gasteiger partial charge is 0.338 e. The van der Waals surface area contributed by atoms with Crippen molar-refractivity contribution in [3.63, 3.8) is 0 Å². The van der Waals surface area contributed by atoms with Crippen LogP contribution >= 0.6 is 0 Å². The summed E-state index contributed by atoms with van der Waals surface area (Å²) in [6.07, 6.45) is 4.32. The topological polar surface area (TPSA) is 20.3 Å². The minimum Gasteiger partial charge on any atom is -0.338 e. The number of amides is 1. The third-order valence-electron chi connectivity index (χ3n) is 3.89. The lowest BCUT2D eigenvalue weighted by Gasteiger charge is -2.29. The van der Waals surface area contributed by atoms with Crippen LogP contribution < -0.4 is 0 Å². The number of hydrogen-bond donors (Lipinski definition) is 0. The van der Waals surface area contributed by atoms with E-state index in [-0.39, 0.29) is 0 Å². The van der Waals surface area contributed by atoms with E-state index in [1.54, 1.807) is 0 Å². The molecule has 0 N–H and O–H groups in total. The molecule has 0 unspecified atom stereocenters. The van der Waals surface area contributed by atoms with Crippen molar-refractivity contribution >= 4 is 5.91 Å². The number of benzene rings is 1. The van der Waals surface area contributed by atoms with Gasteiger partial charge in [0, 0.05) is 19.5 Å². The van der Waals surface area contributed by atoms with Crippen molar-refractivity contribution in [1.29, 1.82) is 0 Å². The molecule has 0 spiro atoms. The summed E-state index contributed by atoms with van der Waals surface area (Å²) in [6.45, 7) is 7.86. The highest BCUT2D eigenvalue weighted by atomic mass is 16.2. The highest BCUT2D eigenvalue weighted by Crippen LogP contribution is 2.33. The molecule has 1 saturated carbocycles. The molecule has 19 heavy (non-hydrogen) atoms. The second-order valence-electron chi connectivity index (χ2n) is 5.48. The Morgan fingerprint density at radius 3 is 2.68 bits per heavy atom. The summed E-state index contributed by atoms with van der Waals surface area (Å²) in [6, 6.07) is 6.59. The van der Waals surface area contributed by atoms with Crippen LogP contribution in [0.2, 0.25) is 0 Å². The maximum absolute atomic E-state index is 12.1. The Kier molecular flexibility index (Phi) is 4.62. The summed E-state index contributed by atoms with van der Waals surface area (Å²) in [4.78, 5) is 14.1. The zero-order valence-electron chi connectivity index (χ0n) is 12.4. The third kappa shape index (κ3) is 3.59. The molecule has 2 heteroatoms. The molecule has 1 fully saturated rings. The molecule has 3 rings (SSSR count). The smallest absolute Gasteiger partial charge is 0.223 e. The number of carbonyl (C=O) groups is 1. The van der Waals surface area contributed by atoms with Crippen molar-refractivity contribution in [2.24, 2.45) is 5.92 Å². The van der Waals surface area contributed by atoms with Crippen molar-refractivity contribution in [2.45, 2.75) is 53.0 Å². The lowest BCUT2D eigenvalue weighted by molar-refractivity contribution is -0.132. The highest BCUT2D eigenvalue weighted by Gasteiger charge is 2.28. The van der Waals surface area contributed by atoms with Gasteiger partial charge in [0.05, 0.1) is 0 Å². The summed E-state index contributed by atoms with van der Waals surface area (Å²) in [7, 11) is 0. The minimum absolute atomic E-state index is 0.360. The molecule has 0 atom stereocenters. The van der Waals surface area contributed by atoms with Crippen molar-refractivity contribution in [1.82, 2.24) is 4.90 Å². The Bertz CT molecular complexity index is 449. The molecule has 0 aromatic heterocycles. The molecule has 0 bridgehead atoms. The standard InChI is InChI=1S/C15H19NO.C2H6/c1-11-2-5-14-10-16(7-6-13(14)8-11)15(17)9-12-3-4-12;1-2/h2,5,8,12H,3-4,6-7,9-10H2,1H3;1-2H3. The third-order valence-corrected chi connectivity index (χ3v) is 3.89. The predicted octanol–water partition coefficient (Wildman–Crippen LogP) is 3.71. The molecule has 2 nitrogen and oxygen atoms in total. The first-order chi connectivity index (χ1) is 9.22. The number of fused-ring (bicyclic) bond motifs is 1. The van der Waals surface area contributed by atoms with Gasteiger partial charge in [-0.05, 0) is 43.2 Å². The second kappa shape index (κ2) is 6.23. The van der Waals surface area contributed by atoms with Gasteiger partial charge in [-0.3, -0.25) is 4.79 Å². The van der Waals surface area contributed by atoms with Gasteiger partial charge in [-0.25, -0.2) is 0 Å². The predicted molar refractivity (Wildman–Crippen MR) is 79.0 cm³/mol. The van der Waals surface area contributed by atoms with E-state index in [2.05, 4.69) is 25.1 Å². The zero-order valence-corrected chi connectivity index (χ0v) is 12.4. The van der Waals surface area contributed by atoms with Gasteiger partial charge in [0.1, 0.15) is 0 Å². The summed E-state index contributed by atoms with van der Waals surface area (Å²) in [5, 5.41) is 0. The van der Waals surface area contributed by atoms with Crippen LogP contribution in [0.15, 0.2) is 18.2 Å². The summed E-state index contributed by atoms with van der Waals surface area (Å²) >= 11 is 0. The van der Waals surface area contributed by atoms with E-state index < -0.39 is 0 Å². The van der Waals surface area contributed by atoms with Crippen LogP contribution in [-0.4, -0.2) is 17.4 Å². The molecule has 1 heterocycles. The van der Waals surface area contributed by atoms with Crippen molar-refractivity contribution in [3.8, 4) is 0 Å². The zero-order chi connectivity index (χ0) is 13.8. The average Bonchev–Trinajstić information content (AvgIpc) is 3.24. The van der Waals surface area contributed by atoms with Gasteiger partial charge in [0.15, 0.2) is 0 Å². The maximum Gasteiger partial charge on any atom is 0.223 e. The molecule has 104 valence electrons. The van der Waals surface area contributed by atoms with E-state index in [1.165, 1.54) is 29.5 Å². The average molecular weight is 259 g/mol. The Morgan fingerprint density at radius 1 is 1.26 bits per heavy atom. The van der Waals surface area contributed by atoms with Crippen molar-refractivity contribution in [3.05, 3.63) is 34.9 Å². The monoisotopic (exact) mass is 259 g/mol. The summed E-state index contributed by atoms with van der Waals surface area (Å²) in [5.74, 6) is 1.06. The summed E-state index contributed by atoms with van der Waals surface area (Å²) < 4.78 is 0. The fraction of sp³-hybridized carbons (Fsp3) is 0.588. The van der Waals surface area contributed by atoms with E-state index in [0.29, 0.717) is 11.8 Å². The van der Waals surface area contributed by atoms with E-state index >= 15 is 0 Å². The number of aryl methyl sites for hydroxylation is 1. The van der Waals surface area contributed by atoms with Crippen LogP contribution in [0.4, 0.5) is 0 Å². The number of nitrogens with zero attached hydrogens (tertiary/aromatic N) is 1.